The topological polar surface area (TPSA) is 79.0 Å². The van der Waals surface area contributed by atoms with Gasteiger partial charge >= 0.3 is 0 Å². The Hall–Kier alpha value is -2.84. The number of carbonyl (C=O) groups excluding carboxylic acids is 1. The fourth-order valence-corrected chi connectivity index (χ4v) is 5.40. The van der Waals surface area contributed by atoms with Gasteiger partial charge in [-0.3, -0.25) is 9.10 Å². The van der Waals surface area contributed by atoms with Crippen molar-refractivity contribution in [3.05, 3.63) is 59.7 Å². The van der Waals surface area contributed by atoms with Crippen LogP contribution >= 0.6 is 0 Å². The van der Waals surface area contributed by atoms with Gasteiger partial charge in [-0.25, -0.2) is 8.42 Å². The number of rotatable bonds is 5. The number of benzene rings is 2. The van der Waals surface area contributed by atoms with Crippen LogP contribution < -0.4 is 14.5 Å². The second kappa shape index (κ2) is 9.11. The van der Waals surface area contributed by atoms with Gasteiger partial charge in [-0.2, -0.15) is 0 Å². The zero-order valence-electron chi connectivity index (χ0n) is 17.6. The van der Waals surface area contributed by atoms with Crippen molar-refractivity contribution in [3.63, 3.8) is 0 Å². The highest BCUT2D eigenvalue weighted by Gasteiger charge is 2.28. The number of sulfonamides is 1. The summed E-state index contributed by atoms with van der Waals surface area (Å²) in [6.45, 7) is 5.71. The van der Waals surface area contributed by atoms with Gasteiger partial charge in [0.25, 0.3) is 0 Å². The van der Waals surface area contributed by atoms with E-state index in [9.17, 15) is 13.2 Å². The number of amides is 1. The third kappa shape index (κ3) is 5.08. The lowest BCUT2D eigenvalue weighted by atomic mass is 10.1. The minimum atomic E-state index is -3.19. The van der Waals surface area contributed by atoms with Crippen molar-refractivity contribution >= 4 is 39.1 Å². The summed E-state index contributed by atoms with van der Waals surface area (Å²) in [4.78, 5) is 14.7. The fraction of sp³-hybridized carbons (Fsp3) is 0.348. The van der Waals surface area contributed by atoms with Crippen molar-refractivity contribution in [3.8, 4) is 0 Å². The highest BCUT2D eigenvalue weighted by atomic mass is 32.2. The first kappa shape index (κ1) is 21.4. The molecule has 0 bridgehead atoms. The molecule has 0 unspecified atom stereocenters. The maximum Gasteiger partial charge on any atom is 0.248 e. The van der Waals surface area contributed by atoms with Crippen molar-refractivity contribution in [2.45, 2.75) is 13.3 Å². The Morgan fingerprint density at radius 3 is 2.39 bits per heavy atom. The van der Waals surface area contributed by atoms with Crippen LogP contribution in [-0.4, -0.2) is 52.9 Å². The molecule has 0 atom stereocenters. The molecule has 2 fully saturated rings. The number of hydrogen-bond acceptors (Lipinski definition) is 5. The number of morpholine rings is 1. The van der Waals surface area contributed by atoms with Crippen LogP contribution in [0.3, 0.4) is 0 Å². The normalized spacial score (nSPS) is 18.5. The van der Waals surface area contributed by atoms with Crippen LogP contribution in [0.5, 0.6) is 0 Å². The summed E-state index contributed by atoms with van der Waals surface area (Å²) in [5.74, 6) is -0.0183. The zero-order chi connectivity index (χ0) is 21.8. The first-order valence-corrected chi connectivity index (χ1v) is 12.1. The molecular formula is C23H27N3O4S. The molecule has 8 heteroatoms. The zero-order valence-corrected chi connectivity index (χ0v) is 18.4. The van der Waals surface area contributed by atoms with Crippen LogP contribution in [-0.2, 0) is 19.6 Å². The summed E-state index contributed by atoms with van der Waals surface area (Å²) >= 11 is 0. The van der Waals surface area contributed by atoms with Gasteiger partial charge < -0.3 is 15.0 Å². The van der Waals surface area contributed by atoms with Crippen molar-refractivity contribution in [1.29, 1.82) is 0 Å². The Balaban J connectivity index is 1.37. The van der Waals surface area contributed by atoms with E-state index in [-0.39, 0.29) is 11.7 Å². The van der Waals surface area contributed by atoms with E-state index >= 15 is 0 Å². The summed E-state index contributed by atoms with van der Waals surface area (Å²) < 4.78 is 30.9. The van der Waals surface area contributed by atoms with Crippen LogP contribution in [0.1, 0.15) is 17.5 Å². The van der Waals surface area contributed by atoms with E-state index in [1.807, 2.05) is 31.2 Å². The van der Waals surface area contributed by atoms with Gasteiger partial charge in [-0.05, 0) is 60.9 Å². The summed E-state index contributed by atoms with van der Waals surface area (Å²) in [5.41, 5.74) is 4.41. The van der Waals surface area contributed by atoms with Gasteiger partial charge in [-0.15, -0.1) is 0 Å². The first-order valence-electron chi connectivity index (χ1n) is 10.5. The van der Waals surface area contributed by atoms with Gasteiger partial charge in [0.05, 0.1) is 24.7 Å². The quantitative estimate of drug-likeness (QED) is 0.722. The van der Waals surface area contributed by atoms with E-state index in [1.165, 1.54) is 10.4 Å². The highest BCUT2D eigenvalue weighted by Crippen LogP contribution is 2.25. The molecule has 2 saturated heterocycles. The second-order valence-electron chi connectivity index (χ2n) is 7.75. The molecule has 0 aromatic heterocycles. The SMILES string of the molecule is Cc1cc(N2CCOCC2)ccc1NC(=O)/C=C/c1ccc(N2CCCS2(=O)=O)cc1. The fourth-order valence-electron chi connectivity index (χ4n) is 3.83. The number of hydrogen-bond donors (Lipinski definition) is 1. The molecule has 2 heterocycles. The second-order valence-corrected chi connectivity index (χ2v) is 9.77. The first-order chi connectivity index (χ1) is 14.9. The number of nitrogens with zero attached hydrogens (tertiary/aromatic N) is 2. The lowest BCUT2D eigenvalue weighted by Gasteiger charge is -2.29. The standard InChI is InChI=1S/C23H27N3O4S/c1-18-17-21(25-12-14-30-15-13-25)8-9-22(18)24-23(27)10-5-19-3-6-20(7-4-19)26-11-2-16-31(26,28)29/h3-10,17H,2,11-16H2,1H3,(H,24,27)/b10-5+. The lowest BCUT2D eigenvalue weighted by molar-refractivity contribution is -0.111. The average Bonchev–Trinajstić information content (AvgIpc) is 3.13. The number of carbonyl (C=O) groups is 1. The Morgan fingerprint density at radius 2 is 1.74 bits per heavy atom. The van der Waals surface area contributed by atoms with E-state index < -0.39 is 10.0 Å². The molecule has 0 radical (unpaired) electrons. The van der Waals surface area contributed by atoms with Crippen LogP contribution in [0, 0.1) is 6.92 Å². The lowest BCUT2D eigenvalue weighted by Crippen LogP contribution is -2.36. The Bertz CT molecular complexity index is 1070. The number of nitrogens with one attached hydrogen (secondary N) is 1. The minimum Gasteiger partial charge on any atom is -0.378 e. The Kier molecular flexibility index (Phi) is 6.29. The molecule has 0 saturated carbocycles. The minimum absolute atomic E-state index is 0.196. The van der Waals surface area contributed by atoms with Gasteiger partial charge in [0.1, 0.15) is 0 Å². The molecule has 0 spiro atoms. The molecule has 2 aromatic rings. The van der Waals surface area contributed by atoms with Crippen molar-refractivity contribution in [2.75, 3.05) is 53.1 Å². The Labute approximate surface area is 183 Å². The van der Waals surface area contributed by atoms with Crippen LogP contribution in [0.2, 0.25) is 0 Å². The number of ether oxygens (including phenoxy) is 1. The highest BCUT2D eigenvalue weighted by molar-refractivity contribution is 7.93. The summed E-state index contributed by atoms with van der Waals surface area (Å²) in [6, 6.07) is 13.2. The molecular weight excluding hydrogens is 414 g/mol. The van der Waals surface area contributed by atoms with Crippen molar-refractivity contribution in [2.24, 2.45) is 0 Å². The van der Waals surface area contributed by atoms with E-state index in [0.29, 0.717) is 18.7 Å². The van der Waals surface area contributed by atoms with Gasteiger partial charge in [-0.1, -0.05) is 12.1 Å². The summed E-state index contributed by atoms with van der Waals surface area (Å²) in [7, 11) is -3.19. The average molecular weight is 442 g/mol. The maximum absolute atomic E-state index is 12.4. The molecule has 0 aliphatic carbocycles. The third-order valence-corrected chi connectivity index (χ3v) is 7.42. The number of aryl methyl sites for hydroxylation is 1. The maximum atomic E-state index is 12.4. The van der Waals surface area contributed by atoms with E-state index in [4.69, 9.17) is 4.74 Å². The number of anilines is 3. The predicted molar refractivity (Wildman–Crippen MR) is 124 cm³/mol. The van der Waals surface area contributed by atoms with Crippen molar-refractivity contribution in [1.82, 2.24) is 0 Å². The van der Waals surface area contributed by atoms with Crippen LogP contribution in [0.4, 0.5) is 17.1 Å². The van der Waals surface area contributed by atoms with Gasteiger partial charge in [0, 0.05) is 37.1 Å². The largest absolute Gasteiger partial charge is 0.378 e. The molecule has 1 amide bonds. The Morgan fingerprint density at radius 1 is 1.03 bits per heavy atom. The van der Waals surface area contributed by atoms with Gasteiger partial charge in [0.2, 0.25) is 15.9 Å². The van der Waals surface area contributed by atoms with Crippen LogP contribution in [0.15, 0.2) is 48.5 Å². The monoisotopic (exact) mass is 441 g/mol. The predicted octanol–water partition coefficient (Wildman–Crippen LogP) is 3.02. The molecule has 7 nitrogen and oxygen atoms in total. The summed E-state index contributed by atoms with van der Waals surface area (Å²) in [6.07, 6.45) is 3.85. The molecule has 4 rings (SSSR count). The van der Waals surface area contributed by atoms with Gasteiger partial charge in [0.15, 0.2) is 0 Å². The van der Waals surface area contributed by atoms with Crippen molar-refractivity contribution < 1.29 is 17.9 Å². The molecule has 2 aliphatic heterocycles. The molecule has 2 aromatic carbocycles. The molecule has 164 valence electrons. The molecule has 31 heavy (non-hydrogen) atoms. The van der Waals surface area contributed by atoms with E-state index in [0.717, 1.165) is 48.8 Å². The van der Waals surface area contributed by atoms with E-state index in [1.54, 1.807) is 18.2 Å². The molecule has 2 aliphatic rings. The molecule has 1 N–H and O–H groups in total. The van der Waals surface area contributed by atoms with Crippen LogP contribution in [0.25, 0.3) is 6.08 Å². The smallest absolute Gasteiger partial charge is 0.248 e. The summed E-state index contributed by atoms with van der Waals surface area (Å²) in [5, 5.41) is 2.92. The van der Waals surface area contributed by atoms with E-state index in [2.05, 4.69) is 16.3 Å². The third-order valence-electron chi connectivity index (χ3n) is 5.55.